The molecule has 4 heterocycles. The first-order chi connectivity index (χ1) is 51.6. The van der Waals surface area contributed by atoms with Gasteiger partial charge < -0.3 is 24.0 Å². The topological polar surface area (TPSA) is 26.1 Å². The fourth-order valence-electron chi connectivity index (χ4n) is 16.6. The molecule has 2 aromatic heterocycles. The van der Waals surface area contributed by atoms with Crippen LogP contribution in [0.1, 0.15) is 105 Å². The highest BCUT2D eigenvalue weighted by Gasteiger charge is 2.46. The molecule has 107 heavy (non-hydrogen) atoms. The second kappa shape index (κ2) is 25.6. The summed E-state index contributed by atoms with van der Waals surface area (Å²) in [6, 6.07) is 117. The lowest BCUT2D eigenvalue weighted by molar-refractivity contribution is 0.590. The Labute approximate surface area is 634 Å². The maximum absolute atomic E-state index is 7.16. The molecule has 0 saturated carbocycles. The highest BCUT2D eigenvalue weighted by atomic mass is 32.1. The van der Waals surface area contributed by atoms with Gasteiger partial charge in [0.15, 0.2) is 0 Å². The maximum Gasteiger partial charge on any atom is 0.252 e. The van der Waals surface area contributed by atoms with E-state index >= 15 is 0 Å². The SMILES string of the molecule is CC(C)(C)c1ccc(N(c2ccc(C(C)(C)C)cc2)c2ccc3c(c2)N(c2ccc(C(C)(C)C)cc2-c2ccccc2)c2cc(-c4ccc5c(c4)oc4ccc6sc7ccccc7c6c45)cc4c2B3c2ccc(N(c3ccccc3)c3ccccc3)cc2N4c2ccc(C(C)(C)C)cc2-c2ccccc2)cc1. The average Bonchev–Trinajstić information content (AvgIpc) is 1.25. The molecule has 0 aliphatic carbocycles. The zero-order chi connectivity index (χ0) is 73.4. The van der Waals surface area contributed by atoms with E-state index < -0.39 is 0 Å². The van der Waals surface area contributed by atoms with E-state index in [1.54, 1.807) is 0 Å². The number of thiophene rings is 1. The predicted octanol–water partition coefficient (Wildman–Crippen LogP) is 27.2. The Hall–Kier alpha value is -11.6. The number of furan rings is 1. The molecule has 0 radical (unpaired) electrons. The molecule has 14 aromatic carbocycles. The van der Waals surface area contributed by atoms with Gasteiger partial charge in [-0.2, -0.15) is 0 Å². The Kier molecular flexibility index (Phi) is 16.1. The van der Waals surface area contributed by atoms with Crippen molar-refractivity contribution in [2.24, 2.45) is 0 Å². The van der Waals surface area contributed by atoms with Crippen LogP contribution in [0.15, 0.2) is 314 Å². The van der Waals surface area contributed by atoms with Crippen LogP contribution in [0.2, 0.25) is 0 Å². The van der Waals surface area contributed by atoms with E-state index in [1.807, 2.05) is 11.3 Å². The summed E-state index contributed by atoms with van der Waals surface area (Å²) in [5.41, 5.74) is 29.8. The van der Waals surface area contributed by atoms with Gasteiger partial charge in [-0.05, 0) is 222 Å². The standard InChI is InChI=1S/C100H87BN4OS/c1-97(2,3)68-38-44-74(45-39-68)103(75-46-40-69(41-47-75)98(4,5)6)77-49-52-83-87(63-77)105(85-54-43-71(100(10,11)12)61-81(85)65-29-19-14-20-30-65)89-58-67(66-37-50-78-91(59-66)106-90-55-56-93-95(94(78)90)79-35-25-26-36-92(79)107-93)57-88-96(89)101(83)82-51-48-76(102(72-31-21-15-22-32-72)73-33-23-16-24-34-73)62-86(82)104(88)84-53-42-70(99(7,8)9)60-80(84)64-27-17-13-18-28-64/h13-63H,1-12H3. The lowest BCUT2D eigenvalue weighted by atomic mass is 9.33. The summed E-state index contributed by atoms with van der Waals surface area (Å²) >= 11 is 1.85. The van der Waals surface area contributed by atoms with Crippen LogP contribution in [0.25, 0.3) is 75.5 Å². The second-order valence-electron chi connectivity index (χ2n) is 33.4. The van der Waals surface area contributed by atoms with E-state index in [2.05, 4.69) is 412 Å². The van der Waals surface area contributed by atoms with E-state index in [9.17, 15) is 0 Å². The zero-order valence-corrected chi connectivity index (χ0v) is 63.9. The molecular formula is C100H87BN4OS. The first kappa shape index (κ1) is 67.3. The van der Waals surface area contributed by atoms with Crippen LogP contribution >= 0.6 is 11.3 Å². The zero-order valence-electron chi connectivity index (χ0n) is 63.1. The quantitative estimate of drug-likeness (QED) is 0.120. The number of fused-ring (bicyclic) bond motifs is 11. The lowest BCUT2D eigenvalue weighted by Gasteiger charge is -2.46. The highest BCUT2D eigenvalue weighted by molar-refractivity contribution is 7.26. The Morgan fingerprint density at radius 1 is 0.280 bits per heavy atom. The van der Waals surface area contributed by atoms with Gasteiger partial charge >= 0.3 is 0 Å². The number of nitrogens with zero attached hydrogens (tertiary/aromatic N) is 4. The smallest absolute Gasteiger partial charge is 0.252 e. The minimum Gasteiger partial charge on any atom is -0.456 e. The molecule has 5 nitrogen and oxygen atoms in total. The molecule has 0 amide bonds. The van der Waals surface area contributed by atoms with Crippen molar-refractivity contribution in [2.75, 3.05) is 19.6 Å². The van der Waals surface area contributed by atoms with Gasteiger partial charge in [0.05, 0.1) is 11.4 Å². The molecule has 0 atom stereocenters. The van der Waals surface area contributed by atoms with Crippen molar-refractivity contribution in [3.8, 4) is 33.4 Å². The van der Waals surface area contributed by atoms with Crippen molar-refractivity contribution in [3.05, 3.63) is 332 Å². The van der Waals surface area contributed by atoms with Crippen molar-refractivity contribution in [2.45, 2.75) is 105 Å². The van der Waals surface area contributed by atoms with Crippen LogP contribution in [-0.2, 0) is 21.7 Å². The van der Waals surface area contributed by atoms with Gasteiger partial charge in [0.25, 0.3) is 6.71 Å². The first-order valence-electron chi connectivity index (χ1n) is 37.7. The summed E-state index contributed by atoms with van der Waals surface area (Å²) in [5, 5.41) is 4.77. The van der Waals surface area contributed by atoms with Crippen LogP contribution in [0, 0.1) is 0 Å². The van der Waals surface area contributed by atoms with Crippen LogP contribution in [0.4, 0.5) is 68.2 Å². The molecule has 2 aliphatic heterocycles. The Bertz CT molecular complexity index is 6020. The molecule has 0 spiro atoms. The van der Waals surface area contributed by atoms with E-state index in [4.69, 9.17) is 4.42 Å². The molecular weight excluding hydrogens is 1320 g/mol. The van der Waals surface area contributed by atoms with Gasteiger partial charge in [-0.1, -0.05) is 253 Å². The van der Waals surface area contributed by atoms with Gasteiger partial charge in [-0.3, -0.25) is 0 Å². The number of anilines is 12. The third-order valence-corrected chi connectivity index (χ3v) is 23.4. The minimum atomic E-state index is -0.258. The Morgan fingerprint density at radius 3 is 1.17 bits per heavy atom. The summed E-state index contributed by atoms with van der Waals surface area (Å²) in [7, 11) is 0. The highest BCUT2D eigenvalue weighted by Crippen LogP contribution is 2.54. The second-order valence-corrected chi connectivity index (χ2v) is 34.5. The fourth-order valence-corrected chi connectivity index (χ4v) is 17.7. The number of para-hydroxylation sites is 2. The number of benzene rings is 14. The molecule has 16 aromatic rings. The Balaban J connectivity index is 0.979. The third-order valence-electron chi connectivity index (χ3n) is 22.3. The van der Waals surface area contributed by atoms with Crippen LogP contribution in [0.3, 0.4) is 0 Å². The molecule has 0 N–H and O–H groups in total. The molecule has 7 heteroatoms. The maximum atomic E-state index is 7.16. The van der Waals surface area contributed by atoms with Crippen molar-refractivity contribution in [1.29, 1.82) is 0 Å². The summed E-state index contributed by atoms with van der Waals surface area (Å²) < 4.78 is 9.69. The summed E-state index contributed by atoms with van der Waals surface area (Å²) in [4.78, 5) is 10.2. The van der Waals surface area contributed by atoms with Gasteiger partial charge in [-0.25, -0.2) is 0 Å². The minimum absolute atomic E-state index is 0.0366. The molecule has 0 fully saturated rings. The van der Waals surface area contributed by atoms with E-state index in [0.29, 0.717) is 0 Å². The molecule has 0 saturated heterocycles. The van der Waals surface area contributed by atoms with Gasteiger partial charge in [0, 0.05) is 98.9 Å². The van der Waals surface area contributed by atoms with Crippen LogP contribution in [0.5, 0.6) is 0 Å². The largest absolute Gasteiger partial charge is 0.456 e. The first-order valence-corrected chi connectivity index (χ1v) is 38.6. The van der Waals surface area contributed by atoms with E-state index in [0.717, 1.165) is 124 Å². The van der Waals surface area contributed by atoms with E-state index in [1.165, 1.54) is 58.8 Å². The van der Waals surface area contributed by atoms with Crippen molar-refractivity contribution in [1.82, 2.24) is 0 Å². The van der Waals surface area contributed by atoms with E-state index in [-0.39, 0.29) is 28.4 Å². The molecule has 0 unspecified atom stereocenters. The lowest BCUT2D eigenvalue weighted by Crippen LogP contribution is -2.61. The number of hydrogen-bond acceptors (Lipinski definition) is 6. The number of rotatable bonds is 11. The molecule has 0 bridgehead atoms. The summed E-state index contributed by atoms with van der Waals surface area (Å²) in [5.74, 6) is 0. The number of hydrogen-bond donors (Lipinski definition) is 0. The normalized spacial score (nSPS) is 13.0. The predicted molar refractivity (Wildman–Crippen MR) is 461 cm³/mol. The average molecular weight is 1400 g/mol. The van der Waals surface area contributed by atoms with Gasteiger partial charge in [0.2, 0.25) is 0 Å². The van der Waals surface area contributed by atoms with Crippen molar-refractivity contribution in [3.63, 3.8) is 0 Å². The van der Waals surface area contributed by atoms with Crippen molar-refractivity contribution < 1.29 is 4.42 Å². The molecule has 2 aliphatic rings. The molecule has 522 valence electrons. The Morgan fingerprint density at radius 2 is 0.701 bits per heavy atom. The summed E-state index contributed by atoms with van der Waals surface area (Å²) in [6.07, 6.45) is 0. The fraction of sp³-hybridized carbons (Fsp3) is 0.160. The molecule has 18 rings (SSSR count). The van der Waals surface area contributed by atoms with Crippen LogP contribution in [-0.4, -0.2) is 6.71 Å². The summed E-state index contributed by atoms with van der Waals surface area (Å²) in [6.45, 7) is 27.5. The third kappa shape index (κ3) is 11.8. The van der Waals surface area contributed by atoms with Gasteiger partial charge in [-0.15, -0.1) is 11.3 Å². The monoisotopic (exact) mass is 1400 g/mol. The van der Waals surface area contributed by atoms with Gasteiger partial charge in [0.1, 0.15) is 11.2 Å². The van der Waals surface area contributed by atoms with Crippen molar-refractivity contribution >= 4 is 145 Å². The van der Waals surface area contributed by atoms with Crippen LogP contribution < -0.4 is 36.0 Å².